The Balaban J connectivity index is 1.49. The average Bonchev–Trinajstić information content (AvgIpc) is 3.20. The van der Waals surface area contributed by atoms with Gasteiger partial charge in [-0.25, -0.2) is 13.4 Å². The third kappa shape index (κ3) is 3.85. The second kappa shape index (κ2) is 7.37. The number of aromatic nitrogens is 2. The van der Waals surface area contributed by atoms with E-state index in [0.717, 1.165) is 10.8 Å². The largest absolute Gasteiger partial charge is 0.321 e. The Morgan fingerprint density at radius 2 is 1.71 bits per heavy atom. The van der Waals surface area contributed by atoms with Crippen LogP contribution < -0.4 is 10.0 Å². The summed E-state index contributed by atoms with van der Waals surface area (Å²) in [6, 6.07) is 15.2. The summed E-state index contributed by atoms with van der Waals surface area (Å²) in [5.74, 6) is -0.373. The van der Waals surface area contributed by atoms with Crippen LogP contribution in [-0.4, -0.2) is 24.3 Å². The number of hydrogen-bond donors (Lipinski definition) is 2. The van der Waals surface area contributed by atoms with Gasteiger partial charge in [0.1, 0.15) is 5.69 Å². The van der Waals surface area contributed by atoms with Gasteiger partial charge in [-0.1, -0.05) is 24.3 Å². The summed E-state index contributed by atoms with van der Waals surface area (Å²) in [6.07, 6.45) is 3.16. The van der Waals surface area contributed by atoms with E-state index >= 15 is 0 Å². The van der Waals surface area contributed by atoms with Crippen LogP contribution in [0.2, 0.25) is 0 Å². The van der Waals surface area contributed by atoms with Crippen LogP contribution in [0.5, 0.6) is 0 Å². The molecular weight excluding hydrogens is 396 g/mol. The molecule has 1 amide bonds. The minimum Gasteiger partial charge on any atom is -0.321 e. The van der Waals surface area contributed by atoms with Gasteiger partial charge in [-0.3, -0.25) is 14.5 Å². The molecule has 2 aromatic heterocycles. The van der Waals surface area contributed by atoms with E-state index in [1.165, 1.54) is 41.8 Å². The van der Waals surface area contributed by atoms with E-state index in [4.69, 9.17) is 0 Å². The van der Waals surface area contributed by atoms with Gasteiger partial charge in [-0.05, 0) is 35.7 Å². The summed E-state index contributed by atoms with van der Waals surface area (Å²) in [6.45, 7) is 0. The normalized spacial score (nSPS) is 11.3. The molecule has 4 aromatic rings. The minimum absolute atomic E-state index is 0.0736. The predicted molar refractivity (Wildman–Crippen MR) is 109 cm³/mol. The van der Waals surface area contributed by atoms with Gasteiger partial charge in [0.15, 0.2) is 5.13 Å². The molecule has 0 aliphatic heterocycles. The number of hydrogen-bond acceptors (Lipinski definition) is 6. The standard InChI is InChI=1S/C19H14N4O3S2/c24-18(17-11-13-3-1-2-4-14(13)12-21-17)22-15-5-7-16(8-6-15)28(25,26)23-19-20-9-10-27-19/h1-12H,(H,20,23)(H,22,24). The number of pyridine rings is 1. The summed E-state index contributed by atoms with van der Waals surface area (Å²) in [5.41, 5.74) is 0.744. The number of amides is 1. The van der Waals surface area contributed by atoms with Crippen molar-refractivity contribution < 1.29 is 13.2 Å². The lowest BCUT2D eigenvalue weighted by molar-refractivity contribution is 0.102. The van der Waals surface area contributed by atoms with Gasteiger partial charge < -0.3 is 5.32 Å². The molecule has 140 valence electrons. The van der Waals surface area contributed by atoms with Crippen LogP contribution in [0.4, 0.5) is 10.8 Å². The highest BCUT2D eigenvalue weighted by Crippen LogP contribution is 2.20. The van der Waals surface area contributed by atoms with Gasteiger partial charge in [0.2, 0.25) is 0 Å². The molecule has 4 rings (SSSR count). The minimum atomic E-state index is -3.73. The second-order valence-electron chi connectivity index (χ2n) is 5.84. The van der Waals surface area contributed by atoms with Crippen molar-refractivity contribution in [3.8, 4) is 0 Å². The number of rotatable bonds is 5. The zero-order valence-corrected chi connectivity index (χ0v) is 16.0. The quantitative estimate of drug-likeness (QED) is 0.522. The molecule has 0 saturated carbocycles. The van der Waals surface area contributed by atoms with Crippen LogP contribution in [0.15, 0.2) is 77.3 Å². The molecule has 0 aliphatic carbocycles. The van der Waals surface area contributed by atoms with Crippen molar-refractivity contribution in [2.75, 3.05) is 10.0 Å². The molecule has 28 heavy (non-hydrogen) atoms. The SMILES string of the molecule is O=C(Nc1ccc(S(=O)(=O)Nc2nccs2)cc1)c1cc2ccccc2cn1. The van der Waals surface area contributed by atoms with E-state index in [1.54, 1.807) is 17.6 Å². The highest BCUT2D eigenvalue weighted by molar-refractivity contribution is 7.93. The van der Waals surface area contributed by atoms with Crippen molar-refractivity contribution in [3.05, 3.63) is 78.1 Å². The highest BCUT2D eigenvalue weighted by atomic mass is 32.2. The molecule has 0 unspecified atom stereocenters. The Morgan fingerprint density at radius 3 is 2.43 bits per heavy atom. The van der Waals surface area contributed by atoms with Crippen molar-refractivity contribution in [1.29, 1.82) is 0 Å². The first-order chi connectivity index (χ1) is 13.5. The molecule has 0 saturated heterocycles. The van der Waals surface area contributed by atoms with Gasteiger partial charge in [0.05, 0.1) is 4.90 Å². The Morgan fingerprint density at radius 1 is 0.964 bits per heavy atom. The third-order valence-electron chi connectivity index (χ3n) is 3.94. The van der Waals surface area contributed by atoms with Gasteiger partial charge in [0, 0.05) is 28.8 Å². The fourth-order valence-corrected chi connectivity index (χ4v) is 4.36. The van der Waals surface area contributed by atoms with E-state index in [9.17, 15) is 13.2 Å². The molecule has 7 nitrogen and oxygen atoms in total. The number of fused-ring (bicyclic) bond motifs is 1. The van der Waals surface area contributed by atoms with Gasteiger partial charge in [-0.2, -0.15) is 0 Å². The summed E-state index contributed by atoms with van der Waals surface area (Å²) in [7, 11) is -3.73. The van der Waals surface area contributed by atoms with Crippen LogP contribution in [-0.2, 0) is 10.0 Å². The van der Waals surface area contributed by atoms with Crippen LogP contribution >= 0.6 is 11.3 Å². The number of carbonyl (C=O) groups excluding carboxylic acids is 1. The summed E-state index contributed by atoms with van der Waals surface area (Å²) >= 11 is 1.19. The van der Waals surface area contributed by atoms with E-state index in [0.29, 0.717) is 10.8 Å². The number of nitrogens with one attached hydrogen (secondary N) is 2. The van der Waals surface area contributed by atoms with E-state index in [-0.39, 0.29) is 16.5 Å². The van der Waals surface area contributed by atoms with Crippen molar-refractivity contribution in [1.82, 2.24) is 9.97 Å². The fourth-order valence-electron chi connectivity index (χ4n) is 2.57. The predicted octanol–water partition coefficient (Wildman–Crippen LogP) is 3.74. The van der Waals surface area contributed by atoms with Crippen LogP contribution in [0.1, 0.15) is 10.5 Å². The first kappa shape index (κ1) is 18.1. The van der Waals surface area contributed by atoms with Gasteiger partial charge in [-0.15, -0.1) is 11.3 Å². The summed E-state index contributed by atoms with van der Waals surface area (Å²) < 4.78 is 27.1. The number of benzene rings is 2. The smallest absolute Gasteiger partial charge is 0.274 e. The molecule has 2 heterocycles. The Labute approximate surface area is 165 Å². The van der Waals surface area contributed by atoms with Crippen molar-refractivity contribution in [2.45, 2.75) is 4.90 Å². The third-order valence-corrected chi connectivity index (χ3v) is 6.11. The van der Waals surface area contributed by atoms with E-state index < -0.39 is 10.0 Å². The van der Waals surface area contributed by atoms with Crippen LogP contribution in [0.3, 0.4) is 0 Å². The summed E-state index contributed by atoms with van der Waals surface area (Å²) in [4.78, 5) is 20.6. The number of carbonyl (C=O) groups is 1. The number of sulfonamides is 1. The Hall–Kier alpha value is -3.30. The van der Waals surface area contributed by atoms with Crippen molar-refractivity contribution >= 4 is 48.9 Å². The zero-order valence-electron chi connectivity index (χ0n) is 14.4. The topological polar surface area (TPSA) is 101 Å². The van der Waals surface area contributed by atoms with E-state index in [1.807, 2.05) is 24.3 Å². The first-order valence-corrected chi connectivity index (χ1v) is 10.6. The average molecular weight is 410 g/mol. The second-order valence-corrected chi connectivity index (χ2v) is 8.41. The maximum Gasteiger partial charge on any atom is 0.274 e. The molecule has 2 N–H and O–H groups in total. The molecule has 0 spiro atoms. The maximum atomic E-state index is 12.4. The monoisotopic (exact) mass is 410 g/mol. The Kier molecular flexibility index (Phi) is 4.76. The Bertz CT molecular complexity index is 1240. The molecule has 9 heteroatoms. The van der Waals surface area contributed by atoms with Crippen molar-refractivity contribution in [2.24, 2.45) is 0 Å². The zero-order chi connectivity index (χ0) is 19.6. The van der Waals surface area contributed by atoms with Gasteiger partial charge in [0.25, 0.3) is 15.9 Å². The molecule has 0 aliphatic rings. The lowest BCUT2D eigenvalue weighted by Gasteiger charge is -2.08. The lowest BCUT2D eigenvalue weighted by Crippen LogP contribution is -2.15. The highest BCUT2D eigenvalue weighted by Gasteiger charge is 2.16. The number of nitrogens with zero attached hydrogens (tertiary/aromatic N) is 2. The van der Waals surface area contributed by atoms with Crippen molar-refractivity contribution in [3.63, 3.8) is 0 Å². The maximum absolute atomic E-state index is 12.4. The first-order valence-electron chi connectivity index (χ1n) is 8.20. The fraction of sp³-hybridized carbons (Fsp3) is 0. The molecule has 0 fully saturated rings. The number of thiazole rings is 1. The lowest BCUT2D eigenvalue weighted by atomic mass is 10.1. The molecule has 2 aromatic carbocycles. The molecule has 0 bridgehead atoms. The van der Waals surface area contributed by atoms with E-state index in [2.05, 4.69) is 20.0 Å². The molecule has 0 atom stereocenters. The number of anilines is 2. The molecule has 0 radical (unpaired) electrons. The molecular formula is C19H14N4O3S2. The van der Waals surface area contributed by atoms with Crippen LogP contribution in [0.25, 0.3) is 10.8 Å². The van der Waals surface area contributed by atoms with Gasteiger partial charge >= 0.3 is 0 Å². The summed E-state index contributed by atoms with van der Waals surface area (Å²) in [5, 5.41) is 6.55. The van der Waals surface area contributed by atoms with Crippen LogP contribution in [0, 0.1) is 0 Å².